The number of nitrogens with zero attached hydrogens (tertiary/aromatic N) is 1. The summed E-state index contributed by atoms with van der Waals surface area (Å²) >= 11 is 11.9. The third kappa shape index (κ3) is 4.56. The summed E-state index contributed by atoms with van der Waals surface area (Å²) in [5.41, 5.74) is 0.143. The van der Waals surface area contributed by atoms with Crippen LogP contribution in [0.3, 0.4) is 0 Å². The topological polar surface area (TPSA) is 83.9 Å². The van der Waals surface area contributed by atoms with Crippen molar-refractivity contribution in [3.05, 3.63) is 52.5 Å². The molecular weight excluding hydrogens is 389 g/mol. The van der Waals surface area contributed by atoms with Gasteiger partial charge in [0.05, 0.1) is 17.3 Å². The van der Waals surface area contributed by atoms with Gasteiger partial charge in [0.25, 0.3) is 10.0 Å². The van der Waals surface area contributed by atoms with E-state index in [2.05, 4.69) is 0 Å². The molecule has 1 N–H and O–H groups in total. The number of rotatable bonds is 7. The van der Waals surface area contributed by atoms with E-state index in [1.165, 1.54) is 30.3 Å². The maximum absolute atomic E-state index is 13.0. The number of hydrogen-bond acceptors (Lipinski definition) is 4. The molecular formula is C16H15Cl2NO5S. The maximum Gasteiger partial charge on any atom is 0.324 e. The number of carboxylic acid groups (broad SMARTS) is 1. The molecule has 2 aromatic carbocycles. The molecule has 0 unspecified atom stereocenters. The Labute approximate surface area is 155 Å². The minimum Gasteiger partial charge on any atom is -0.494 e. The summed E-state index contributed by atoms with van der Waals surface area (Å²) in [6, 6.07) is 10.1. The Hall–Kier alpha value is -1.96. The van der Waals surface area contributed by atoms with Crippen molar-refractivity contribution in [1.82, 2.24) is 0 Å². The van der Waals surface area contributed by atoms with Gasteiger partial charge in [0.15, 0.2) is 0 Å². The Bertz CT molecular complexity index is 886. The highest BCUT2D eigenvalue weighted by Gasteiger charge is 2.29. The van der Waals surface area contributed by atoms with E-state index in [1.807, 2.05) is 0 Å². The summed E-state index contributed by atoms with van der Waals surface area (Å²) in [4.78, 5) is 11.0. The number of sulfonamides is 1. The first-order chi connectivity index (χ1) is 11.8. The van der Waals surface area contributed by atoms with Crippen molar-refractivity contribution < 1.29 is 23.1 Å². The molecule has 0 saturated heterocycles. The van der Waals surface area contributed by atoms with Gasteiger partial charge >= 0.3 is 5.97 Å². The van der Waals surface area contributed by atoms with Gasteiger partial charge in [0.2, 0.25) is 0 Å². The predicted octanol–water partition coefficient (Wildman–Crippen LogP) is 3.67. The highest BCUT2D eigenvalue weighted by molar-refractivity contribution is 7.93. The molecule has 0 fully saturated rings. The number of aliphatic carboxylic acids is 1. The average molecular weight is 404 g/mol. The van der Waals surface area contributed by atoms with E-state index >= 15 is 0 Å². The van der Waals surface area contributed by atoms with Crippen LogP contribution < -0.4 is 9.04 Å². The number of anilines is 1. The van der Waals surface area contributed by atoms with Gasteiger partial charge in [-0.15, -0.1) is 0 Å². The van der Waals surface area contributed by atoms with E-state index in [9.17, 15) is 13.2 Å². The van der Waals surface area contributed by atoms with Crippen LogP contribution in [0.2, 0.25) is 10.0 Å². The van der Waals surface area contributed by atoms with Gasteiger partial charge in [-0.2, -0.15) is 0 Å². The first-order valence-electron chi connectivity index (χ1n) is 7.18. The van der Waals surface area contributed by atoms with Crippen molar-refractivity contribution in [3.8, 4) is 5.75 Å². The molecule has 9 heteroatoms. The summed E-state index contributed by atoms with van der Waals surface area (Å²) in [6.45, 7) is 1.39. The Balaban J connectivity index is 2.58. The van der Waals surface area contributed by atoms with Gasteiger partial charge in [-0.3, -0.25) is 9.10 Å². The Morgan fingerprint density at radius 3 is 2.56 bits per heavy atom. The second-order valence-electron chi connectivity index (χ2n) is 4.91. The molecule has 0 heterocycles. The molecule has 134 valence electrons. The fourth-order valence-electron chi connectivity index (χ4n) is 2.13. The van der Waals surface area contributed by atoms with E-state index in [0.29, 0.717) is 12.4 Å². The second-order valence-corrected chi connectivity index (χ2v) is 7.58. The van der Waals surface area contributed by atoms with E-state index < -0.39 is 22.5 Å². The summed E-state index contributed by atoms with van der Waals surface area (Å²) < 4.78 is 32.1. The number of benzene rings is 2. The maximum atomic E-state index is 13.0. The molecule has 6 nitrogen and oxygen atoms in total. The van der Waals surface area contributed by atoms with Crippen molar-refractivity contribution in [2.45, 2.75) is 11.8 Å². The van der Waals surface area contributed by atoms with Crippen LogP contribution in [0.5, 0.6) is 5.75 Å². The van der Waals surface area contributed by atoms with Crippen LogP contribution in [-0.2, 0) is 14.8 Å². The summed E-state index contributed by atoms with van der Waals surface area (Å²) in [5, 5.41) is 9.27. The van der Waals surface area contributed by atoms with Crippen LogP contribution in [0, 0.1) is 0 Å². The molecule has 0 aliphatic carbocycles. The standard InChI is InChI=1S/C16H15Cl2NO5S/c1-2-24-13-5-3-4-12(9-13)19(10-16(20)21)25(22,23)15-8-11(17)6-7-14(15)18/h3-9H,2,10H2,1H3,(H,20,21). The molecule has 0 saturated carbocycles. The fraction of sp³-hybridized carbons (Fsp3) is 0.188. The molecule has 2 rings (SSSR count). The molecule has 0 amide bonds. The van der Waals surface area contributed by atoms with Crippen molar-refractivity contribution in [2.75, 3.05) is 17.5 Å². The zero-order valence-electron chi connectivity index (χ0n) is 13.1. The average Bonchev–Trinajstić information content (AvgIpc) is 2.55. The zero-order valence-corrected chi connectivity index (χ0v) is 15.5. The lowest BCUT2D eigenvalue weighted by molar-refractivity contribution is -0.135. The lowest BCUT2D eigenvalue weighted by Gasteiger charge is -2.23. The first kappa shape index (κ1) is 19.4. The van der Waals surface area contributed by atoms with Crippen LogP contribution in [0.25, 0.3) is 0 Å². The van der Waals surface area contributed by atoms with Crippen molar-refractivity contribution in [1.29, 1.82) is 0 Å². The molecule has 0 atom stereocenters. The molecule has 0 aliphatic rings. The van der Waals surface area contributed by atoms with Gasteiger partial charge in [0.1, 0.15) is 17.2 Å². The zero-order chi connectivity index (χ0) is 18.6. The van der Waals surface area contributed by atoms with Crippen LogP contribution in [0.4, 0.5) is 5.69 Å². The van der Waals surface area contributed by atoms with Gasteiger partial charge in [0, 0.05) is 11.1 Å². The monoisotopic (exact) mass is 403 g/mol. The number of hydrogen-bond donors (Lipinski definition) is 1. The smallest absolute Gasteiger partial charge is 0.324 e. The first-order valence-corrected chi connectivity index (χ1v) is 9.37. The highest BCUT2D eigenvalue weighted by atomic mass is 35.5. The van der Waals surface area contributed by atoms with Gasteiger partial charge < -0.3 is 9.84 Å². The second kappa shape index (κ2) is 7.95. The molecule has 0 bridgehead atoms. The lowest BCUT2D eigenvalue weighted by Crippen LogP contribution is -2.36. The van der Waals surface area contributed by atoms with Crippen molar-refractivity contribution >= 4 is 44.9 Å². The molecule has 0 aromatic heterocycles. The quantitative estimate of drug-likeness (QED) is 0.761. The van der Waals surface area contributed by atoms with Gasteiger partial charge in [-0.25, -0.2) is 8.42 Å². The van der Waals surface area contributed by atoms with E-state index in [0.717, 1.165) is 4.31 Å². The van der Waals surface area contributed by atoms with E-state index in [1.54, 1.807) is 19.1 Å². The molecule has 2 aromatic rings. The lowest BCUT2D eigenvalue weighted by atomic mass is 10.3. The largest absolute Gasteiger partial charge is 0.494 e. The van der Waals surface area contributed by atoms with Crippen LogP contribution in [0.1, 0.15) is 6.92 Å². The molecule has 0 spiro atoms. The van der Waals surface area contributed by atoms with E-state index in [-0.39, 0.29) is 20.6 Å². The normalized spacial score (nSPS) is 11.2. The molecule has 0 aliphatic heterocycles. The van der Waals surface area contributed by atoms with Crippen LogP contribution >= 0.6 is 23.2 Å². The Morgan fingerprint density at radius 2 is 1.92 bits per heavy atom. The summed E-state index contributed by atoms with van der Waals surface area (Å²) in [5.74, 6) is -0.897. The van der Waals surface area contributed by atoms with Crippen molar-refractivity contribution in [2.24, 2.45) is 0 Å². The third-order valence-electron chi connectivity index (χ3n) is 3.16. The van der Waals surface area contributed by atoms with Gasteiger partial charge in [-0.1, -0.05) is 29.3 Å². The van der Waals surface area contributed by atoms with Crippen LogP contribution in [-0.4, -0.2) is 32.6 Å². The van der Waals surface area contributed by atoms with Gasteiger partial charge in [-0.05, 0) is 37.3 Å². The molecule has 25 heavy (non-hydrogen) atoms. The van der Waals surface area contributed by atoms with E-state index in [4.69, 9.17) is 33.0 Å². The van der Waals surface area contributed by atoms with Crippen molar-refractivity contribution in [3.63, 3.8) is 0 Å². The SMILES string of the molecule is CCOc1cccc(N(CC(=O)O)S(=O)(=O)c2cc(Cl)ccc2Cl)c1. The fourth-order valence-corrected chi connectivity index (χ4v) is 4.27. The number of carbonyl (C=O) groups is 1. The molecule has 0 radical (unpaired) electrons. The van der Waals surface area contributed by atoms with Crippen LogP contribution in [0.15, 0.2) is 47.4 Å². The minimum atomic E-state index is -4.25. The number of ether oxygens (including phenoxy) is 1. The highest BCUT2D eigenvalue weighted by Crippen LogP contribution is 2.31. The Kier molecular flexibility index (Phi) is 6.16. The Morgan fingerprint density at radius 1 is 1.20 bits per heavy atom. The summed E-state index contributed by atoms with van der Waals surface area (Å²) in [7, 11) is -4.25. The minimum absolute atomic E-state index is 0.0549. The summed E-state index contributed by atoms with van der Waals surface area (Å²) in [6.07, 6.45) is 0. The number of halogens is 2. The number of carboxylic acids is 1. The predicted molar refractivity (Wildman–Crippen MR) is 96.2 cm³/mol. The third-order valence-corrected chi connectivity index (χ3v) is 5.65.